The van der Waals surface area contributed by atoms with E-state index < -0.39 is 19.2 Å². The van der Waals surface area contributed by atoms with Crippen molar-refractivity contribution in [3.63, 3.8) is 0 Å². The van der Waals surface area contributed by atoms with Crippen LogP contribution in [-0.4, -0.2) is 23.2 Å². The molecule has 5 heteroatoms. The quantitative estimate of drug-likeness (QED) is 0.128. The van der Waals surface area contributed by atoms with E-state index in [1.807, 2.05) is 98.9 Å². The van der Waals surface area contributed by atoms with Crippen molar-refractivity contribution in [2.24, 2.45) is 0 Å². The van der Waals surface area contributed by atoms with Gasteiger partial charge in [0.05, 0.1) is 5.58 Å². The third-order valence-electron chi connectivity index (χ3n) is 7.75. The van der Waals surface area contributed by atoms with Crippen LogP contribution in [0.25, 0.3) is 55.6 Å². The minimum atomic E-state index is -1.72. The van der Waals surface area contributed by atoms with Crippen LogP contribution in [0.5, 0.6) is 0 Å². The molecule has 45 heavy (non-hydrogen) atoms. The molecule has 3 nitrogen and oxygen atoms in total. The SMILES string of the molecule is [2H]C(C)(C)c1ccnc(-c2[c-]cc(-c3ccccc3)c3c2oc2ccccc23)c1.[CH3][Ge]([CH3])([CH3])[c]1ccc(-c2[c-]cccc2)nc1.[Ir]. The van der Waals surface area contributed by atoms with Crippen molar-refractivity contribution in [3.8, 4) is 33.6 Å². The first-order valence-corrected chi connectivity index (χ1v) is 22.3. The molecule has 0 aliphatic carbocycles. The van der Waals surface area contributed by atoms with Gasteiger partial charge in [-0.1, -0.05) is 90.7 Å². The largest absolute Gasteiger partial charge is 0 e. The molecule has 4 aromatic carbocycles. The van der Waals surface area contributed by atoms with Crippen LogP contribution in [0.1, 0.15) is 26.7 Å². The van der Waals surface area contributed by atoms with Crippen molar-refractivity contribution in [2.75, 3.05) is 0 Å². The standard InChI is InChI=1S/C26H20NO.C14H16GeN.Ir/c1-17(2)19-14-15-27-23(16-19)21-13-12-20(18-8-4-3-5-9-18)25-22-10-6-7-11-24(22)28-26(21)25;1-15(2,3)13-9-10-14(16-11-13)12-7-5-4-6-8-12;/h3-12,14-17H,1-2H3;4-7,9-11H,1-3H3;/q2*-1;/i17D;;. The molecule has 0 amide bonds. The molecule has 0 spiro atoms. The molecule has 3 heterocycles. The third kappa shape index (κ3) is 7.20. The number of hydrogen-bond acceptors (Lipinski definition) is 3. The van der Waals surface area contributed by atoms with Crippen LogP contribution in [0.4, 0.5) is 0 Å². The number of furan rings is 1. The zero-order valence-corrected chi connectivity index (χ0v) is 30.7. The summed E-state index contributed by atoms with van der Waals surface area (Å²) in [5, 5.41) is 2.14. The monoisotopic (exact) mass is 828 g/mol. The maximum Gasteiger partial charge on any atom is 0 e. The molecule has 0 saturated heterocycles. The van der Waals surface area contributed by atoms with Crippen molar-refractivity contribution >= 4 is 39.6 Å². The Morgan fingerprint density at radius 2 is 1.56 bits per heavy atom. The van der Waals surface area contributed by atoms with Gasteiger partial charge in [-0.3, -0.25) is 0 Å². The second kappa shape index (κ2) is 14.1. The van der Waals surface area contributed by atoms with E-state index in [0.717, 1.165) is 61.1 Å². The Balaban J connectivity index is 0.000000209. The summed E-state index contributed by atoms with van der Waals surface area (Å²) in [6.45, 7) is 3.76. The van der Waals surface area contributed by atoms with E-state index in [1.54, 1.807) is 6.20 Å². The van der Waals surface area contributed by atoms with Gasteiger partial charge >= 0.3 is 99.8 Å². The van der Waals surface area contributed by atoms with Crippen LogP contribution >= 0.6 is 0 Å². The molecule has 7 rings (SSSR count). The minimum absolute atomic E-state index is 0. The van der Waals surface area contributed by atoms with Gasteiger partial charge in [0.2, 0.25) is 0 Å². The van der Waals surface area contributed by atoms with E-state index in [0.29, 0.717) is 0 Å². The molecule has 0 atom stereocenters. The first-order valence-electron chi connectivity index (χ1n) is 15.4. The molecule has 0 saturated carbocycles. The van der Waals surface area contributed by atoms with E-state index >= 15 is 0 Å². The van der Waals surface area contributed by atoms with Gasteiger partial charge in [-0.15, -0.1) is 12.1 Å². The molecule has 227 valence electrons. The number of fused-ring (bicyclic) bond motifs is 3. The summed E-state index contributed by atoms with van der Waals surface area (Å²) in [6, 6.07) is 43.2. The maximum atomic E-state index is 8.37. The van der Waals surface area contributed by atoms with Crippen molar-refractivity contribution in [1.29, 1.82) is 0 Å². The van der Waals surface area contributed by atoms with Crippen molar-refractivity contribution in [1.82, 2.24) is 9.97 Å². The zero-order chi connectivity index (χ0) is 31.6. The van der Waals surface area contributed by atoms with E-state index in [-0.39, 0.29) is 20.1 Å². The van der Waals surface area contributed by atoms with Gasteiger partial charge in [-0.25, -0.2) is 0 Å². The Morgan fingerprint density at radius 1 is 0.800 bits per heavy atom. The molecular weight excluding hydrogens is 789 g/mol. The Labute approximate surface area is 283 Å². The van der Waals surface area contributed by atoms with Crippen molar-refractivity contribution in [2.45, 2.75) is 37.0 Å². The average Bonchev–Trinajstić information content (AvgIpc) is 3.45. The number of para-hydroxylation sites is 1. The number of hydrogen-bond donors (Lipinski definition) is 0. The van der Waals surface area contributed by atoms with Crippen LogP contribution in [-0.2, 0) is 20.1 Å². The predicted molar refractivity (Wildman–Crippen MR) is 187 cm³/mol. The fourth-order valence-electron chi connectivity index (χ4n) is 5.23. The Morgan fingerprint density at radius 3 is 2.24 bits per heavy atom. The van der Waals surface area contributed by atoms with Gasteiger partial charge in [0.1, 0.15) is 5.58 Å². The first kappa shape index (κ1) is 31.2. The summed E-state index contributed by atoms with van der Waals surface area (Å²) in [5.41, 5.74) is 8.41. The second-order valence-electron chi connectivity index (χ2n) is 12.1. The fourth-order valence-corrected chi connectivity index (χ4v) is 7.41. The maximum absolute atomic E-state index is 8.37. The van der Waals surface area contributed by atoms with Gasteiger partial charge < -0.3 is 9.40 Å². The molecule has 0 bridgehead atoms. The normalized spacial score (nSPS) is 11.8. The molecule has 0 aliphatic heterocycles. The van der Waals surface area contributed by atoms with E-state index in [4.69, 9.17) is 5.79 Å². The summed E-state index contributed by atoms with van der Waals surface area (Å²) < 4.78 is 16.1. The van der Waals surface area contributed by atoms with Crippen LogP contribution in [0.2, 0.25) is 17.3 Å². The van der Waals surface area contributed by atoms with Crippen LogP contribution < -0.4 is 4.40 Å². The molecule has 0 unspecified atom stereocenters. The van der Waals surface area contributed by atoms with Gasteiger partial charge in [0, 0.05) is 33.1 Å². The molecule has 0 aliphatic rings. The number of benzene rings is 4. The van der Waals surface area contributed by atoms with E-state index in [2.05, 4.69) is 69.7 Å². The second-order valence-corrected chi connectivity index (χ2v) is 22.8. The number of aromatic nitrogens is 2. The summed E-state index contributed by atoms with van der Waals surface area (Å²) in [5.74, 6) is 6.44. The van der Waals surface area contributed by atoms with Crippen molar-refractivity contribution in [3.05, 3.63) is 139 Å². The first-order chi connectivity index (χ1) is 21.6. The molecule has 3 aromatic heterocycles. The Hall–Kier alpha value is -3.83. The van der Waals surface area contributed by atoms with Gasteiger partial charge in [0.15, 0.2) is 0 Å². The van der Waals surface area contributed by atoms with Crippen LogP contribution in [0.15, 0.2) is 126 Å². The minimum Gasteiger partial charge on any atom is 0 e. The predicted octanol–water partition coefficient (Wildman–Crippen LogP) is 10.3. The molecular formula is C40H36GeIrN2O-2. The van der Waals surface area contributed by atoms with Gasteiger partial charge in [-0.2, -0.15) is 0 Å². The number of nitrogens with zero attached hydrogens (tertiary/aromatic N) is 2. The summed E-state index contributed by atoms with van der Waals surface area (Å²) in [4.78, 5) is 9.10. The molecule has 0 N–H and O–H groups in total. The van der Waals surface area contributed by atoms with Gasteiger partial charge in [0.25, 0.3) is 0 Å². The number of rotatable bonds is 5. The molecule has 0 fully saturated rings. The smallest absolute Gasteiger partial charge is 0 e. The molecule has 7 aromatic rings. The van der Waals surface area contributed by atoms with Gasteiger partial charge in [-0.05, 0) is 29.1 Å². The zero-order valence-electron chi connectivity index (χ0n) is 27.2. The van der Waals surface area contributed by atoms with E-state index in [9.17, 15) is 0 Å². The Bertz CT molecular complexity index is 2060. The van der Waals surface area contributed by atoms with Crippen molar-refractivity contribution < 1.29 is 25.9 Å². The fraction of sp³-hybridized carbons (Fsp3) is 0.150. The average molecular weight is 827 g/mol. The van der Waals surface area contributed by atoms with Crippen LogP contribution in [0.3, 0.4) is 0 Å². The summed E-state index contributed by atoms with van der Waals surface area (Å²) >= 11 is -1.72. The molecule has 1 radical (unpaired) electrons. The Kier molecular flexibility index (Phi) is 9.75. The summed E-state index contributed by atoms with van der Waals surface area (Å²) in [7, 11) is 0. The third-order valence-corrected chi connectivity index (χ3v) is 12.0. The number of pyridine rings is 2. The summed E-state index contributed by atoms with van der Waals surface area (Å²) in [6.07, 6.45) is 3.80. The van der Waals surface area contributed by atoms with E-state index in [1.165, 1.54) is 4.40 Å². The topological polar surface area (TPSA) is 38.9 Å². The van der Waals surface area contributed by atoms with Crippen LogP contribution in [0, 0.1) is 12.1 Å².